The first-order chi connectivity index (χ1) is 13.0. The van der Waals surface area contributed by atoms with E-state index in [0.29, 0.717) is 0 Å². The van der Waals surface area contributed by atoms with Crippen molar-refractivity contribution in [2.75, 3.05) is 32.8 Å². The average Bonchev–Trinajstić information content (AvgIpc) is 2.53. The van der Waals surface area contributed by atoms with Crippen molar-refractivity contribution in [3.05, 3.63) is 0 Å². The Bertz CT molecular complexity index is 547. The number of halogens is 11. The molecule has 4 nitrogen and oxygen atoms in total. The molecule has 1 heterocycles. The summed E-state index contributed by atoms with van der Waals surface area (Å²) in [5, 5.41) is 0. The Morgan fingerprint density at radius 3 is 1.86 bits per heavy atom. The SMILES string of the molecule is O=COC(CN1CCOCC1)CC(F)(F)CC(F)(F)C(F)(F)C(F)(F)C(F)(F)F. The molecule has 1 aliphatic heterocycles. The van der Waals surface area contributed by atoms with Crippen LogP contribution in [-0.4, -0.2) is 80.2 Å². The number of alkyl halides is 11. The topological polar surface area (TPSA) is 38.8 Å². The maximum atomic E-state index is 13.9. The molecule has 1 unspecified atom stereocenters. The highest BCUT2D eigenvalue weighted by Crippen LogP contribution is 2.55. The lowest BCUT2D eigenvalue weighted by atomic mass is 9.95. The molecule has 0 aromatic carbocycles. The van der Waals surface area contributed by atoms with Crippen molar-refractivity contribution in [3.63, 3.8) is 0 Å². The van der Waals surface area contributed by atoms with E-state index in [0.717, 1.165) is 0 Å². The van der Waals surface area contributed by atoms with E-state index in [2.05, 4.69) is 4.74 Å². The molecule has 0 saturated carbocycles. The average molecular weight is 455 g/mol. The highest BCUT2D eigenvalue weighted by atomic mass is 19.4. The predicted molar refractivity (Wildman–Crippen MR) is 73.3 cm³/mol. The Hall–Kier alpha value is -1.38. The van der Waals surface area contributed by atoms with E-state index in [9.17, 15) is 53.1 Å². The van der Waals surface area contributed by atoms with Crippen LogP contribution in [0.15, 0.2) is 0 Å². The Kier molecular flexibility index (Phi) is 7.76. The molecule has 1 rings (SSSR count). The Morgan fingerprint density at radius 1 is 0.897 bits per heavy atom. The Balaban J connectivity index is 2.94. The Morgan fingerprint density at radius 2 is 1.41 bits per heavy atom. The number of morpholine rings is 1. The molecule has 0 N–H and O–H groups in total. The van der Waals surface area contributed by atoms with E-state index >= 15 is 0 Å². The summed E-state index contributed by atoms with van der Waals surface area (Å²) < 4.78 is 152. The summed E-state index contributed by atoms with van der Waals surface area (Å²) in [6.07, 6.45) is -14.0. The monoisotopic (exact) mass is 455 g/mol. The van der Waals surface area contributed by atoms with Gasteiger partial charge in [0.25, 0.3) is 12.4 Å². The van der Waals surface area contributed by atoms with Gasteiger partial charge in [-0.1, -0.05) is 0 Å². The van der Waals surface area contributed by atoms with E-state index in [1.165, 1.54) is 4.90 Å². The first kappa shape index (κ1) is 25.7. The molecule has 1 saturated heterocycles. The molecule has 0 amide bonds. The minimum absolute atomic E-state index is 0.168. The normalized spacial score (nSPS) is 19.1. The molecule has 1 fully saturated rings. The van der Waals surface area contributed by atoms with Crippen LogP contribution in [0, 0.1) is 0 Å². The summed E-state index contributed by atoms with van der Waals surface area (Å²) in [7, 11) is 0. The fourth-order valence-electron chi connectivity index (χ4n) is 2.55. The molecule has 0 spiro atoms. The van der Waals surface area contributed by atoms with Crippen LogP contribution in [0.4, 0.5) is 48.3 Å². The zero-order valence-electron chi connectivity index (χ0n) is 14.4. The smallest absolute Gasteiger partial charge is 0.460 e. The van der Waals surface area contributed by atoms with Gasteiger partial charge in [0, 0.05) is 26.1 Å². The van der Waals surface area contributed by atoms with Gasteiger partial charge in [0.15, 0.2) is 0 Å². The molecular weight excluding hydrogens is 439 g/mol. The van der Waals surface area contributed by atoms with Gasteiger partial charge >= 0.3 is 23.9 Å². The molecule has 172 valence electrons. The summed E-state index contributed by atoms with van der Waals surface area (Å²) in [4.78, 5) is 11.8. The van der Waals surface area contributed by atoms with Crippen molar-refractivity contribution < 1.29 is 62.6 Å². The van der Waals surface area contributed by atoms with Crippen LogP contribution in [0.25, 0.3) is 0 Å². The highest BCUT2D eigenvalue weighted by molar-refractivity contribution is 5.37. The van der Waals surface area contributed by atoms with Gasteiger partial charge in [0.1, 0.15) is 6.10 Å². The van der Waals surface area contributed by atoms with Crippen molar-refractivity contribution in [3.8, 4) is 0 Å². The summed E-state index contributed by atoms with van der Waals surface area (Å²) in [6, 6.07) is 0. The number of nitrogens with zero attached hydrogens (tertiary/aromatic N) is 1. The number of hydrogen-bond donors (Lipinski definition) is 0. The molecular formula is C14H16F11NO3. The third kappa shape index (κ3) is 6.06. The summed E-state index contributed by atoms with van der Waals surface area (Å²) in [5.41, 5.74) is 0. The fourth-order valence-corrected chi connectivity index (χ4v) is 2.55. The zero-order valence-corrected chi connectivity index (χ0v) is 14.4. The van der Waals surface area contributed by atoms with Crippen molar-refractivity contribution in [2.45, 2.75) is 48.8 Å². The van der Waals surface area contributed by atoms with Gasteiger partial charge in [0.2, 0.25) is 0 Å². The number of rotatable bonds is 10. The lowest BCUT2D eigenvalue weighted by molar-refractivity contribution is -0.401. The van der Waals surface area contributed by atoms with Crippen LogP contribution in [0.1, 0.15) is 12.8 Å². The molecule has 1 aliphatic rings. The molecule has 0 aromatic heterocycles. The van der Waals surface area contributed by atoms with Crippen LogP contribution in [0.3, 0.4) is 0 Å². The van der Waals surface area contributed by atoms with Gasteiger partial charge in [0.05, 0.1) is 19.6 Å². The first-order valence-corrected chi connectivity index (χ1v) is 7.94. The van der Waals surface area contributed by atoms with Crippen molar-refractivity contribution in [1.29, 1.82) is 0 Å². The molecule has 1 atom stereocenters. The third-order valence-electron chi connectivity index (χ3n) is 4.03. The van der Waals surface area contributed by atoms with Gasteiger partial charge in [-0.25, -0.2) is 8.78 Å². The van der Waals surface area contributed by atoms with Crippen LogP contribution >= 0.6 is 0 Å². The van der Waals surface area contributed by atoms with Crippen LogP contribution in [0.2, 0.25) is 0 Å². The van der Waals surface area contributed by atoms with Gasteiger partial charge in [-0.15, -0.1) is 0 Å². The fraction of sp³-hybridized carbons (Fsp3) is 0.929. The number of ether oxygens (including phenoxy) is 2. The van der Waals surface area contributed by atoms with E-state index in [-0.39, 0.29) is 32.8 Å². The van der Waals surface area contributed by atoms with Gasteiger partial charge in [-0.3, -0.25) is 9.69 Å². The second-order valence-corrected chi connectivity index (χ2v) is 6.36. The molecule has 29 heavy (non-hydrogen) atoms. The number of hydrogen-bond acceptors (Lipinski definition) is 4. The second kappa shape index (κ2) is 8.78. The molecule has 0 radical (unpaired) electrons. The Labute approximate surface area is 156 Å². The standard InChI is InChI=1S/C14H16F11NO3/c15-10(16,5-9(29-8-27)6-26-1-3-28-4-2-26)7-11(17,18)12(19,20)13(21,22)14(23,24)25/h8-9H,1-7H2. The van der Waals surface area contributed by atoms with Crippen molar-refractivity contribution >= 4 is 6.47 Å². The summed E-state index contributed by atoms with van der Waals surface area (Å²) in [5.74, 6) is -25.7. The maximum Gasteiger partial charge on any atom is 0.460 e. The lowest BCUT2D eigenvalue weighted by Gasteiger charge is -2.36. The largest absolute Gasteiger partial charge is 0.463 e. The van der Waals surface area contributed by atoms with Gasteiger partial charge < -0.3 is 9.47 Å². The zero-order chi connectivity index (χ0) is 22.7. The minimum Gasteiger partial charge on any atom is -0.463 e. The van der Waals surface area contributed by atoms with Crippen molar-refractivity contribution in [1.82, 2.24) is 4.90 Å². The molecule has 0 aromatic rings. The molecule has 0 aliphatic carbocycles. The number of carbonyl (C=O) groups excluding carboxylic acids is 1. The first-order valence-electron chi connectivity index (χ1n) is 7.94. The lowest BCUT2D eigenvalue weighted by Crippen LogP contribution is -2.62. The highest BCUT2D eigenvalue weighted by Gasteiger charge is 2.82. The molecule has 15 heteroatoms. The van der Waals surface area contributed by atoms with E-state index < -0.39 is 55.4 Å². The van der Waals surface area contributed by atoms with E-state index in [1.807, 2.05) is 0 Å². The van der Waals surface area contributed by atoms with Crippen molar-refractivity contribution in [2.24, 2.45) is 0 Å². The van der Waals surface area contributed by atoms with E-state index in [1.54, 1.807) is 0 Å². The van der Waals surface area contributed by atoms with Crippen LogP contribution < -0.4 is 0 Å². The third-order valence-corrected chi connectivity index (χ3v) is 4.03. The van der Waals surface area contributed by atoms with Crippen LogP contribution in [0.5, 0.6) is 0 Å². The number of carbonyl (C=O) groups is 1. The quantitative estimate of drug-likeness (QED) is 0.372. The van der Waals surface area contributed by atoms with Crippen LogP contribution in [-0.2, 0) is 14.3 Å². The second-order valence-electron chi connectivity index (χ2n) is 6.36. The van der Waals surface area contributed by atoms with Gasteiger partial charge in [-0.2, -0.15) is 39.5 Å². The van der Waals surface area contributed by atoms with Gasteiger partial charge in [-0.05, 0) is 0 Å². The summed E-state index contributed by atoms with van der Waals surface area (Å²) >= 11 is 0. The van der Waals surface area contributed by atoms with E-state index in [4.69, 9.17) is 4.74 Å². The maximum absolute atomic E-state index is 13.9. The predicted octanol–water partition coefficient (Wildman–Crippen LogP) is 3.74. The summed E-state index contributed by atoms with van der Waals surface area (Å²) in [6.45, 7) is -0.0706. The molecule has 0 bridgehead atoms. The minimum atomic E-state index is -7.26.